The van der Waals surface area contributed by atoms with Gasteiger partial charge in [0.15, 0.2) is 11.3 Å². The molecule has 6 nitrogen and oxygen atoms in total. The number of ether oxygens (including phenoxy) is 1. The maximum absolute atomic E-state index is 13.2. The Bertz CT molecular complexity index is 970. The van der Waals surface area contributed by atoms with E-state index in [1.54, 1.807) is 0 Å². The van der Waals surface area contributed by atoms with Gasteiger partial charge >= 0.3 is 6.18 Å². The zero-order valence-corrected chi connectivity index (χ0v) is 17.0. The van der Waals surface area contributed by atoms with E-state index in [2.05, 4.69) is 5.16 Å². The lowest BCUT2D eigenvalue weighted by atomic mass is 9.84. The fourth-order valence-corrected chi connectivity index (χ4v) is 4.79. The minimum atomic E-state index is -4.63. The van der Waals surface area contributed by atoms with Crippen LogP contribution >= 0.6 is 0 Å². The van der Waals surface area contributed by atoms with E-state index in [0.717, 1.165) is 12.8 Å². The van der Waals surface area contributed by atoms with Crippen LogP contribution in [-0.4, -0.2) is 29.5 Å². The van der Waals surface area contributed by atoms with Crippen LogP contribution in [0.1, 0.15) is 57.2 Å². The molecule has 1 aliphatic carbocycles. The van der Waals surface area contributed by atoms with Crippen LogP contribution < -0.4 is 4.74 Å². The Hall–Kier alpha value is -1.81. The lowest BCUT2D eigenvalue weighted by Crippen LogP contribution is -2.40. The molecule has 0 spiro atoms. The van der Waals surface area contributed by atoms with Gasteiger partial charge in [-0.05, 0) is 44.7 Å². The SMILES string of the molecule is CCCc1c(OC2CCCCC2C(C)S(=O)(=O)O)ccc2c(C(F)(F)F)noc12. The predicted molar refractivity (Wildman–Crippen MR) is 100 cm³/mol. The number of halogens is 3. The van der Waals surface area contributed by atoms with Gasteiger partial charge in [-0.2, -0.15) is 21.6 Å². The van der Waals surface area contributed by atoms with Gasteiger partial charge in [0.1, 0.15) is 11.9 Å². The molecule has 10 heteroatoms. The van der Waals surface area contributed by atoms with Crippen molar-refractivity contribution in [1.82, 2.24) is 5.16 Å². The van der Waals surface area contributed by atoms with Crippen LogP contribution in [0.4, 0.5) is 13.2 Å². The third-order valence-corrected chi connectivity index (χ3v) is 6.86. The zero-order valence-electron chi connectivity index (χ0n) is 16.2. The summed E-state index contributed by atoms with van der Waals surface area (Å²) in [5, 5.41) is 2.09. The van der Waals surface area contributed by atoms with E-state index in [1.807, 2.05) is 6.92 Å². The molecular formula is C19H24F3NO5S. The van der Waals surface area contributed by atoms with Gasteiger partial charge in [0.05, 0.1) is 10.6 Å². The van der Waals surface area contributed by atoms with E-state index in [1.165, 1.54) is 19.1 Å². The summed E-state index contributed by atoms with van der Waals surface area (Å²) in [5.41, 5.74) is -0.560. The molecule has 1 aliphatic rings. The molecule has 1 heterocycles. The minimum Gasteiger partial charge on any atom is -0.490 e. The van der Waals surface area contributed by atoms with Gasteiger partial charge in [-0.1, -0.05) is 24.9 Å². The van der Waals surface area contributed by atoms with Gasteiger partial charge in [-0.25, -0.2) is 0 Å². The maximum atomic E-state index is 13.2. The Morgan fingerprint density at radius 3 is 2.62 bits per heavy atom. The summed E-state index contributed by atoms with van der Waals surface area (Å²) >= 11 is 0. The summed E-state index contributed by atoms with van der Waals surface area (Å²) in [6.45, 7) is 3.33. The molecule has 1 N–H and O–H groups in total. The fourth-order valence-electron chi connectivity index (χ4n) is 4.04. The van der Waals surface area contributed by atoms with E-state index < -0.39 is 39.3 Å². The number of aromatic nitrogens is 1. The molecule has 162 valence electrons. The van der Waals surface area contributed by atoms with Crippen LogP contribution in [0.15, 0.2) is 16.7 Å². The third kappa shape index (κ3) is 4.53. The molecule has 3 rings (SSSR count). The number of hydrogen-bond acceptors (Lipinski definition) is 5. The molecule has 1 aromatic heterocycles. The number of hydrogen-bond donors (Lipinski definition) is 1. The second kappa shape index (κ2) is 8.14. The van der Waals surface area contributed by atoms with Crippen molar-refractivity contribution in [2.75, 3.05) is 0 Å². The van der Waals surface area contributed by atoms with Gasteiger partial charge in [0.25, 0.3) is 10.1 Å². The highest BCUT2D eigenvalue weighted by Crippen LogP contribution is 2.40. The van der Waals surface area contributed by atoms with Crippen molar-refractivity contribution in [2.45, 2.75) is 69.9 Å². The smallest absolute Gasteiger partial charge is 0.437 e. The highest BCUT2D eigenvalue weighted by atomic mass is 32.2. The first-order valence-electron chi connectivity index (χ1n) is 9.65. The van der Waals surface area contributed by atoms with Crippen molar-refractivity contribution >= 4 is 21.1 Å². The van der Waals surface area contributed by atoms with Crippen molar-refractivity contribution in [2.24, 2.45) is 5.92 Å². The van der Waals surface area contributed by atoms with Crippen molar-refractivity contribution in [3.05, 3.63) is 23.4 Å². The van der Waals surface area contributed by atoms with E-state index in [0.29, 0.717) is 37.0 Å². The first kappa shape index (κ1) is 21.9. The van der Waals surface area contributed by atoms with Crippen LogP contribution in [-0.2, 0) is 22.7 Å². The first-order chi connectivity index (χ1) is 13.5. The van der Waals surface area contributed by atoms with E-state index in [4.69, 9.17) is 9.26 Å². The van der Waals surface area contributed by atoms with E-state index in [-0.39, 0.29) is 11.0 Å². The summed E-state index contributed by atoms with van der Waals surface area (Å²) in [7, 11) is -4.23. The van der Waals surface area contributed by atoms with Gasteiger partial charge in [-0.15, -0.1) is 0 Å². The molecular weight excluding hydrogens is 411 g/mol. The molecule has 3 atom stereocenters. The van der Waals surface area contributed by atoms with Crippen molar-refractivity contribution in [1.29, 1.82) is 0 Å². The topological polar surface area (TPSA) is 89.6 Å². The zero-order chi connectivity index (χ0) is 21.4. The molecule has 0 bridgehead atoms. The van der Waals surface area contributed by atoms with Gasteiger partial charge < -0.3 is 9.26 Å². The summed E-state index contributed by atoms with van der Waals surface area (Å²) in [6, 6.07) is 2.73. The number of rotatable bonds is 6. The minimum absolute atomic E-state index is 0.0341. The van der Waals surface area contributed by atoms with Crippen molar-refractivity contribution in [3.63, 3.8) is 0 Å². The van der Waals surface area contributed by atoms with Crippen LogP contribution in [0.5, 0.6) is 5.75 Å². The number of nitrogens with zero attached hydrogens (tertiary/aromatic N) is 1. The molecule has 2 aromatic rings. The van der Waals surface area contributed by atoms with Crippen LogP contribution in [0.2, 0.25) is 0 Å². The Labute approximate surface area is 167 Å². The van der Waals surface area contributed by atoms with Crippen LogP contribution in [0.25, 0.3) is 11.0 Å². The summed E-state index contributed by atoms with van der Waals surface area (Å²) in [5.74, 6) is -0.0481. The van der Waals surface area contributed by atoms with Gasteiger partial charge in [0.2, 0.25) is 0 Å². The average molecular weight is 435 g/mol. The summed E-state index contributed by atoms with van der Waals surface area (Å²) in [4.78, 5) is 0. The lowest BCUT2D eigenvalue weighted by Gasteiger charge is -2.34. The molecule has 0 radical (unpaired) electrons. The van der Waals surface area contributed by atoms with Gasteiger partial charge in [-0.3, -0.25) is 4.55 Å². The number of alkyl halides is 3. The van der Waals surface area contributed by atoms with Crippen molar-refractivity contribution < 1.29 is 35.4 Å². The third-order valence-electron chi connectivity index (χ3n) is 5.57. The Morgan fingerprint density at radius 1 is 1.31 bits per heavy atom. The standard InChI is InChI=1S/C19H24F3NO5S/c1-3-6-13-16(10-9-14-17(13)28-23-18(14)19(20,21)22)27-15-8-5-4-7-12(15)11(2)29(24,25)26/h9-12,15H,3-8H2,1-2H3,(H,24,25,26). The summed E-state index contributed by atoms with van der Waals surface area (Å²) < 4.78 is 83.4. The Balaban J connectivity index is 1.99. The second-order valence-electron chi connectivity index (χ2n) is 7.52. The predicted octanol–water partition coefficient (Wildman–Crippen LogP) is 5.01. The van der Waals surface area contributed by atoms with E-state index in [9.17, 15) is 26.1 Å². The Morgan fingerprint density at radius 2 is 2.00 bits per heavy atom. The summed E-state index contributed by atoms with van der Waals surface area (Å²) in [6.07, 6.45) is -1.20. The highest BCUT2D eigenvalue weighted by Gasteiger charge is 2.39. The molecule has 1 aromatic carbocycles. The number of fused-ring (bicyclic) bond motifs is 1. The fraction of sp³-hybridized carbons (Fsp3) is 0.632. The second-order valence-corrected chi connectivity index (χ2v) is 9.30. The Kier molecular flexibility index (Phi) is 6.14. The first-order valence-corrected chi connectivity index (χ1v) is 11.2. The molecule has 3 unspecified atom stereocenters. The van der Waals surface area contributed by atoms with E-state index >= 15 is 0 Å². The molecule has 29 heavy (non-hydrogen) atoms. The number of benzene rings is 1. The van der Waals surface area contributed by atoms with Gasteiger partial charge in [0, 0.05) is 11.5 Å². The van der Waals surface area contributed by atoms with Crippen LogP contribution in [0, 0.1) is 5.92 Å². The average Bonchev–Trinajstić information content (AvgIpc) is 3.07. The molecule has 1 saturated carbocycles. The normalized spacial score (nSPS) is 22.0. The number of aryl methyl sites for hydroxylation is 1. The lowest BCUT2D eigenvalue weighted by molar-refractivity contribution is -0.141. The largest absolute Gasteiger partial charge is 0.490 e. The molecule has 0 amide bonds. The molecule has 0 aliphatic heterocycles. The quantitative estimate of drug-likeness (QED) is 0.642. The molecule has 0 saturated heterocycles. The van der Waals surface area contributed by atoms with Crippen LogP contribution in [0.3, 0.4) is 0 Å². The maximum Gasteiger partial charge on any atom is 0.437 e. The highest BCUT2D eigenvalue weighted by molar-refractivity contribution is 7.86. The molecule has 1 fully saturated rings. The van der Waals surface area contributed by atoms with Crippen molar-refractivity contribution in [3.8, 4) is 5.75 Å². The monoisotopic (exact) mass is 435 g/mol.